The molecule has 0 fully saturated rings. The van der Waals surface area contributed by atoms with Gasteiger partial charge in [0, 0.05) is 0 Å². The molecular formula is C23H48N2. The lowest BCUT2D eigenvalue weighted by Gasteiger charge is -2.04. The molecule has 2 nitrogen and oxygen atoms in total. The molecule has 0 saturated heterocycles. The Morgan fingerprint density at radius 2 is 0.920 bits per heavy atom. The van der Waals surface area contributed by atoms with E-state index in [4.69, 9.17) is 0 Å². The number of rotatable bonds is 21. The minimum Gasteiger partial charge on any atom is -0.317 e. The van der Waals surface area contributed by atoms with Crippen molar-refractivity contribution in [2.24, 2.45) is 0 Å². The van der Waals surface area contributed by atoms with E-state index in [1.165, 1.54) is 116 Å². The highest BCUT2D eigenvalue weighted by Crippen LogP contribution is 2.06. The van der Waals surface area contributed by atoms with E-state index in [1.807, 2.05) is 0 Å². The molecule has 0 bridgehead atoms. The van der Waals surface area contributed by atoms with Crippen LogP contribution in [0.4, 0.5) is 0 Å². The van der Waals surface area contributed by atoms with Gasteiger partial charge in [0.1, 0.15) is 0 Å². The molecule has 2 heteroatoms. The predicted octanol–water partition coefficient (Wildman–Crippen LogP) is 6.61. The van der Waals surface area contributed by atoms with Crippen LogP contribution < -0.4 is 10.6 Å². The smallest absolute Gasteiger partial charge is 0.00489 e. The van der Waals surface area contributed by atoms with Crippen molar-refractivity contribution in [1.29, 1.82) is 0 Å². The maximum absolute atomic E-state index is 3.59. The highest BCUT2D eigenvalue weighted by atomic mass is 14.8. The summed E-state index contributed by atoms with van der Waals surface area (Å²) in [4.78, 5) is 0. The molecule has 0 rings (SSSR count). The Bertz CT molecular complexity index is 250. The van der Waals surface area contributed by atoms with Crippen molar-refractivity contribution >= 4 is 0 Å². The summed E-state index contributed by atoms with van der Waals surface area (Å²) in [5.74, 6) is 0. The molecule has 0 aliphatic heterocycles. The molecule has 0 aromatic carbocycles. The van der Waals surface area contributed by atoms with Crippen LogP contribution in [0.2, 0.25) is 0 Å². The van der Waals surface area contributed by atoms with Gasteiger partial charge >= 0.3 is 0 Å². The second-order valence-electron chi connectivity index (χ2n) is 7.39. The summed E-state index contributed by atoms with van der Waals surface area (Å²) in [6, 6.07) is 0. The third-order valence-electron chi connectivity index (χ3n) is 4.82. The zero-order valence-electron chi connectivity index (χ0n) is 17.6. The second kappa shape index (κ2) is 23.7. The summed E-state index contributed by atoms with van der Waals surface area (Å²) in [7, 11) is 0. The Balaban J connectivity index is 3.03. The molecule has 2 N–H and O–H groups in total. The van der Waals surface area contributed by atoms with Crippen molar-refractivity contribution < 1.29 is 0 Å². The van der Waals surface area contributed by atoms with Gasteiger partial charge < -0.3 is 10.6 Å². The van der Waals surface area contributed by atoms with Crippen LogP contribution in [0.3, 0.4) is 0 Å². The average Bonchev–Trinajstić information content (AvgIpc) is 2.63. The van der Waals surface area contributed by atoms with E-state index >= 15 is 0 Å². The number of hydrogen-bond donors (Lipinski definition) is 2. The van der Waals surface area contributed by atoms with Gasteiger partial charge in [0.2, 0.25) is 0 Å². The quantitative estimate of drug-likeness (QED) is 0.179. The molecule has 0 aliphatic carbocycles. The molecule has 0 atom stereocenters. The molecule has 0 saturated carbocycles. The Morgan fingerprint density at radius 3 is 1.40 bits per heavy atom. The minimum absolute atomic E-state index is 1.11. The van der Waals surface area contributed by atoms with Crippen molar-refractivity contribution in [1.82, 2.24) is 10.6 Å². The summed E-state index contributed by atoms with van der Waals surface area (Å²) >= 11 is 0. The van der Waals surface area contributed by atoms with Crippen LogP contribution in [0.5, 0.6) is 0 Å². The van der Waals surface area contributed by atoms with Gasteiger partial charge in [0.05, 0.1) is 0 Å². The standard InChI is InChI=1S/C23H48N2/c1-3-5-6-15-19-22-25-23-20-17-14-12-10-8-7-9-11-13-16-18-21-24-4-2/h7-8,24-25H,3-6,9-23H2,1-2H3/b8-7-. The highest BCUT2D eigenvalue weighted by molar-refractivity contribution is 4.81. The van der Waals surface area contributed by atoms with Crippen molar-refractivity contribution in [3.8, 4) is 0 Å². The van der Waals surface area contributed by atoms with E-state index in [1.54, 1.807) is 0 Å². The molecular weight excluding hydrogens is 304 g/mol. The lowest BCUT2D eigenvalue weighted by atomic mass is 10.1. The van der Waals surface area contributed by atoms with E-state index in [2.05, 4.69) is 36.6 Å². The van der Waals surface area contributed by atoms with Crippen LogP contribution in [-0.2, 0) is 0 Å². The first kappa shape index (κ1) is 24.7. The molecule has 0 radical (unpaired) electrons. The monoisotopic (exact) mass is 352 g/mol. The van der Waals surface area contributed by atoms with Crippen LogP contribution >= 0.6 is 0 Å². The van der Waals surface area contributed by atoms with Gasteiger partial charge in [-0.1, -0.05) is 77.4 Å². The van der Waals surface area contributed by atoms with E-state index in [9.17, 15) is 0 Å². The number of hydrogen-bond acceptors (Lipinski definition) is 2. The van der Waals surface area contributed by atoms with Crippen molar-refractivity contribution in [3.63, 3.8) is 0 Å². The van der Waals surface area contributed by atoms with E-state index in [0.717, 1.165) is 6.54 Å². The fraction of sp³-hybridized carbons (Fsp3) is 0.913. The second-order valence-corrected chi connectivity index (χ2v) is 7.39. The first-order valence-corrected chi connectivity index (χ1v) is 11.5. The van der Waals surface area contributed by atoms with Crippen LogP contribution in [0.15, 0.2) is 12.2 Å². The number of nitrogens with one attached hydrogen (secondary N) is 2. The van der Waals surface area contributed by atoms with E-state index < -0.39 is 0 Å². The van der Waals surface area contributed by atoms with Gasteiger partial charge in [0.15, 0.2) is 0 Å². The van der Waals surface area contributed by atoms with Gasteiger partial charge in [-0.15, -0.1) is 0 Å². The summed E-state index contributed by atoms with van der Waals surface area (Å²) < 4.78 is 0. The molecule has 0 aromatic rings. The number of unbranched alkanes of at least 4 members (excludes halogenated alkanes) is 12. The van der Waals surface area contributed by atoms with Crippen LogP contribution in [-0.4, -0.2) is 26.2 Å². The van der Waals surface area contributed by atoms with Gasteiger partial charge in [-0.25, -0.2) is 0 Å². The molecule has 0 aromatic heterocycles. The molecule has 0 heterocycles. The SMILES string of the molecule is CCCCCCCNCCCCCC/C=C\CCCCCCNCC. The minimum atomic E-state index is 1.11. The van der Waals surface area contributed by atoms with Crippen molar-refractivity contribution in [3.05, 3.63) is 12.2 Å². The van der Waals surface area contributed by atoms with Gasteiger partial charge in [-0.2, -0.15) is 0 Å². The average molecular weight is 353 g/mol. The molecule has 0 unspecified atom stereocenters. The lowest BCUT2D eigenvalue weighted by Crippen LogP contribution is -2.16. The Morgan fingerprint density at radius 1 is 0.480 bits per heavy atom. The van der Waals surface area contributed by atoms with Crippen molar-refractivity contribution in [2.45, 2.75) is 110 Å². The maximum atomic E-state index is 3.59. The topological polar surface area (TPSA) is 24.1 Å². The zero-order chi connectivity index (χ0) is 18.3. The lowest BCUT2D eigenvalue weighted by molar-refractivity contribution is 0.554. The van der Waals surface area contributed by atoms with E-state index in [-0.39, 0.29) is 0 Å². The molecule has 0 aliphatic rings. The highest BCUT2D eigenvalue weighted by Gasteiger charge is 1.92. The third-order valence-corrected chi connectivity index (χ3v) is 4.82. The largest absolute Gasteiger partial charge is 0.317 e. The summed E-state index contributed by atoms with van der Waals surface area (Å²) in [6.45, 7) is 9.21. The van der Waals surface area contributed by atoms with Gasteiger partial charge in [-0.05, 0) is 71.1 Å². The first-order chi connectivity index (χ1) is 12.4. The normalized spacial score (nSPS) is 11.6. The fourth-order valence-electron chi connectivity index (χ4n) is 3.12. The van der Waals surface area contributed by atoms with Gasteiger partial charge in [-0.3, -0.25) is 0 Å². The zero-order valence-corrected chi connectivity index (χ0v) is 17.6. The van der Waals surface area contributed by atoms with Crippen LogP contribution in [0, 0.1) is 0 Å². The Hall–Kier alpha value is -0.340. The molecule has 0 spiro atoms. The summed E-state index contributed by atoms with van der Waals surface area (Å²) in [5.41, 5.74) is 0. The van der Waals surface area contributed by atoms with Crippen LogP contribution in [0.25, 0.3) is 0 Å². The molecule has 25 heavy (non-hydrogen) atoms. The number of allylic oxidation sites excluding steroid dienone is 2. The Labute approximate surface area is 159 Å². The Kier molecular flexibility index (Phi) is 23.3. The molecule has 150 valence electrons. The third kappa shape index (κ3) is 23.7. The van der Waals surface area contributed by atoms with Crippen molar-refractivity contribution in [2.75, 3.05) is 26.2 Å². The maximum Gasteiger partial charge on any atom is -0.00489 e. The predicted molar refractivity (Wildman–Crippen MR) is 115 cm³/mol. The fourth-order valence-corrected chi connectivity index (χ4v) is 3.12. The van der Waals surface area contributed by atoms with Crippen LogP contribution in [0.1, 0.15) is 110 Å². The first-order valence-electron chi connectivity index (χ1n) is 11.5. The summed E-state index contributed by atoms with van der Waals surface area (Å²) in [5, 5.41) is 6.98. The summed E-state index contributed by atoms with van der Waals surface area (Å²) in [6.07, 6.45) is 25.3. The molecule has 0 amide bonds. The van der Waals surface area contributed by atoms with Gasteiger partial charge in [0.25, 0.3) is 0 Å². The van der Waals surface area contributed by atoms with E-state index in [0.29, 0.717) is 0 Å².